The summed E-state index contributed by atoms with van der Waals surface area (Å²) in [6.07, 6.45) is 0. The Labute approximate surface area is 174 Å². The summed E-state index contributed by atoms with van der Waals surface area (Å²) in [5, 5.41) is 0. The number of fused-ring (bicyclic) bond motifs is 1. The molecule has 2 heterocycles. The van der Waals surface area contributed by atoms with E-state index in [9.17, 15) is 4.79 Å². The zero-order valence-electron chi connectivity index (χ0n) is 17.1. The maximum Gasteiger partial charge on any atom is 0.197 e. The highest BCUT2D eigenvalue weighted by Gasteiger charge is 2.41. The van der Waals surface area contributed by atoms with Crippen molar-refractivity contribution >= 4 is 22.4 Å². The standard InChI is InChI=1S/C22H24N4O4/c1-28-9-8-26-19(13-10-14(29-2)12-15(11-13)30-3)20(27)18(21(26)23)22-24-16-6-4-5-7-17(16)25-22/h4-7,10-12,19H,8-9,23H2,1-3H3,(H,24,25). The van der Waals surface area contributed by atoms with Crippen molar-refractivity contribution in [2.24, 2.45) is 5.73 Å². The molecule has 1 atom stereocenters. The number of aromatic amines is 1. The maximum atomic E-state index is 13.6. The molecule has 0 saturated carbocycles. The van der Waals surface area contributed by atoms with Crippen LogP contribution in [-0.2, 0) is 9.53 Å². The van der Waals surface area contributed by atoms with E-state index in [2.05, 4.69) is 9.97 Å². The summed E-state index contributed by atoms with van der Waals surface area (Å²) in [6.45, 7) is 0.862. The lowest BCUT2D eigenvalue weighted by molar-refractivity contribution is -0.117. The molecule has 8 heteroatoms. The van der Waals surface area contributed by atoms with Crippen LogP contribution in [0.1, 0.15) is 17.4 Å². The Morgan fingerprint density at radius 3 is 2.43 bits per heavy atom. The number of ketones is 1. The minimum absolute atomic E-state index is 0.141. The number of H-pyrrole nitrogens is 1. The van der Waals surface area contributed by atoms with Crippen LogP contribution >= 0.6 is 0 Å². The molecule has 0 saturated heterocycles. The Morgan fingerprint density at radius 2 is 1.80 bits per heavy atom. The number of hydrogen-bond donors (Lipinski definition) is 2. The molecule has 156 valence electrons. The number of nitrogens with two attached hydrogens (primary N) is 1. The number of nitrogens with zero attached hydrogens (tertiary/aromatic N) is 2. The highest BCUT2D eigenvalue weighted by atomic mass is 16.5. The summed E-state index contributed by atoms with van der Waals surface area (Å²) in [5.41, 5.74) is 9.19. The Kier molecular flexibility index (Phi) is 5.33. The number of carbonyl (C=O) groups is 1. The van der Waals surface area contributed by atoms with Crippen LogP contribution in [0.3, 0.4) is 0 Å². The number of nitrogens with one attached hydrogen (secondary N) is 1. The number of rotatable bonds is 7. The minimum atomic E-state index is -0.632. The number of hydrogen-bond acceptors (Lipinski definition) is 7. The van der Waals surface area contributed by atoms with Gasteiger partial charge in [0.2, 0.25) is 0 Å². The van der Waals surface area contributed by atoms with E-state index < -0.39 is 6.04 Å². The van der Waals surface area contributed by atoms with E-state index >= 15 is 0 Å². The largest absolute Gasteiger partial charge is 0.497 e. The van der Waals surface area contributed by atoms with Crippen LogP contribution in [0.2, 0.25) is 0 Å². The van der Waals surface area contributed by atoms with Gasteiger partial charge in [0.15, 0.2) is 5.78 Å². The van der Waals surface area contributed by atoms with Gasteiger partial charge in [0.25, 0.3) is 0 Å². The van der Waals surface area contributed by atoms with Crippen LogP contribution in [0.5, 0.6) is 11.5 Å². The van der Waals surface area contributed by atoms with Crippen molar-refractivity contribution in [2.75, 3.05) is 34.5 Å². The molecule has 0 aliphatic carbocycles. The van der Waals surface area contributed by atoms with Crippen LogP contribution in [0, 0.1) is 0 Å². The number of benzene rings is 2. The fourth-order valence-corrected chi connectivity index (χ4v) is 3.75. The third kappa shape index (κ3) is 3.35. The van der Waals surface area contributed by atoms with Crippen molar-refractivity contribution in [1.29, 1.82) is 0 Å². The smallest absolute Gasteiger partial charge is 0.197 e. The Morgan fingerprint density at radius 1 is 1.10 bits per heavy atom. The first-order valence-corrected chi connectivity index (χ1v) is 9.55. The van der Waals surface area contributed by atoms with Gasteiger partial charge < -0.3 is 29.8 Å². The van der Waals surface area contributed by atoms with Gasteiger partial charge in [0.1, 0.15) is 34.8 Å². The Balaban J connectivity index is 1.81. The summed E-state index contributed by atoms with van der Waals surface area (Å²) in [4.78, 5) is 23.2. The van der Waals surface area contributed by atoms with Gasteiger partial charge in [-0.3, -0.25) is 4.79 Å². The van der Waals surface area contributed by atoms with Crippen molar-refractivity contribution < 1.29 is 19.0 Å². The molecule has 2 aromatic carbocycles. The van der Waals surface area contributed by atoms with E-state index in [1.807, 2.05) is 41.3 Å². The average Bonchev–Trinajstić information content (AvgIpc) is 3.29. The van der Waals surface area contributed by atoms with E-state index in [-0.39, 0.29) is 5.78 Å². The zero-order chi connectivity index (χ0) is 21.3. The first-order chi connectivity index (χ1) is 14.6. The quantitative estimate of drug-likeness (QED) is 0.619. The van der Waals surface area contributed by atoms with Crippen molar-refractivity contribution in [3.63, 3.8) is 0 Å². The molecule has 3 N–H and O–H groups in total. The number of aromatic nitrogens is 2. The molecule has 0 fully saturated rings. The Bertz CT molecular complexity index is 1070. The number of methoxy groups -OCH3 is 3. The van der Waals surface area contributed by atoms with Crippen molar-refractivity contribution in [3.8, 4) is 11.5 Å². The summed E-state index contributed by atoms with van der Waals surface area (Å²) in [7, 11) is 4.76. The molecule has 3 aromatic rings. The lowest BCUT2D eigenvalue weighted by Gasteiger charge is -2.27. The molecule has 1 aliphatic rings. The second-order valence-electron chi connectivity index (χ2n) is 6.96. The van der Waals surface area contributed by atoms with Crippen molar-refractivity contribution in [3.05, 3.63) is 59.7 Å². The van der Waals surface area contributed by atoms with E-state index in [4.69, 9.17) is 19.9 Å². The lowest BCUT2D eigenvalue weighted by atomic mass is 9.99. The molecule has 0 radical (unpaired) electrons. The van der Waals surface area contributed by atoms with Gasteiger partial charge in [0, 0.05) is 19.7 Å². The normalized spacial score (nSPS) is 16.6. The molecule has 1 aliphatic heterocycles. The van der Waals surface area contributed by atoms with Crippen LogP contribution < -0.4 is 15.2 Å². The SMILES string of the molecule is COCCN1C(N)=C(c2nc3ccccc3[nH]2)C(=O)C1c1cc(OC)cc(OC)c1. The number of Topliss-reactive ketones (excluding diaryl/α,β-unsaturated/α-hetero) is 1. The molecular weight excluding hydrogens is 384 g/mol. The predicted octanol–water partition coefficient (Wildman–Crippen LogP) is 2.48. The molecule has 0 spiro atoms. The van der Waals surface area contributed by atoms with Gasteiger partial charge in [0.05, 0.1) is 31.9 Å². The first-order valence-electron chi connectivity index (χ1n) is 9.55. The number of imidazole rings is 1. The van der Waals surface area contributed by atoms with Crippen LogP contribution in [0.25, 0.3) is 16.6 Å². The average molecular weight is 408 g/mol. The number of ether oxygens (including phenoxy) is 3. The number of carbonyl (C=O) groups excluding carboxylic acids is 1. The van der Waals surface area contributed by atoms with E-state index in [0.717, 1.165) is 16.6 Å². The number of para-hydroxylation sites is 2. The summed E-state index contributed by atoms with van der Waals surface area (Å²) in [5.74, 6) is 1.87. The topological polar surface area (TPSA) is 103 Å². The zero-order valence-corrected chi connectivity index (χ0v) is 17.1. The van der Waals surface area contributed by atoms with Gasteiger partial charge in [-0.1, -0.05) is 12.1 Å². The summed E-state index contributed by atoms with van der Waals surface area (Å²) < 4.78 is 16.0. The molecule has 1 unspecified atom stereocenters. The molecule has 4 rings (SSSR count). The molecule has 8 nitrogen and oxygen atoms in total. The van der Waals surface area contributed by atoms with Crippen LogP contribution in [0.15, 0.2) is 48.3 Å². The van der Waals surface area contributed by atoms with Crippen LogP contribution in [-0.4, -0.2) is 55.1 Å². The minimum Gasteiger partial charge on any atom is -0.497 e. The van der Waals surface area contributed by atoms with Gasteiger partial charge in [-0.05, 0) is 29.8 Å². The van der Waals surface area contributed by atoms with E-state index in [1.54, 1.807) is 27.4 Å². The maximum absolute atomic E-state index is 13.6. The summed E-state index contributed by atoms with van der Waals surface area (Å²) >= 11 is 0. The third-order valence-electron chi connectivity index (χ3n) is 5.22. The fraction of sp³-hybridized carbons (Fsp3) is 0.273. The monoisotopic (exact) mass is 408 g/mol. The molecule has 1 aromatic heterocycles. The van der Waals surface area contributed by atoms with E-state index in [1.165, 1.54) is 0 Å². The molecule has 30 heavy (non-hydrogen) atoms. The highest BCUT2D eigenvalue weighted by molar-refractivity contribution is 6.25. The van der Waals surface area contributed by atoms with Crippen LogP contribution in [0.4, 0.5) is 0 Å². The van der Waals surface area contributed by atoms with Gasteiger partial charge in [-0.25, -0.2) is 4.98 Å². The second-order valence-corrected chi connectivity index (χ2v) is 6.96. The lowest BCUT2D eigenvalue weighted by Crippen LogP contribution is -2.32. The summed E-state index contributed by atoms with van der Waals surface area (Å²) in [6, 6.07) is 12.4. The molecule has 0 bridgehead atoms. The van der Waals surface area contributed by atoms with Crippen molar-refractivity contribution in [2.45, 2.75) is 6.04 Å². The highest BCUT2D eigenvalue weighted by Crippen LogP contribution is 2.40. The van der Waals surface area contributed by atoms with Crippen molar-refractivity contribution in [1.82, 2.24) is 14.9 Å². The predicted molar refractivity (Wildman–Crippen MR) is 113 cm³/mol. The first kappa shape index (κ1) is 19.8. The second kappa shape index (κ2) is 8.08. The molecule has 0 amide bonds. The van der Waals surface area contributed by atoms with Gasteiger partial charge in [-0.2, -0.15) is 0 Å². The fourth-order valence-electron chi connectivity index (χ4n) is 3.75. The molecular formula is C22H24N4O4. The van der Waals surface area contributed by atoms with E-state index in [0.29, 0.717) is 41.9 Å². The third-order valence-corrected chi connectivity index (χ3v) is 5.22. The van der Waals surface area contributed by atoms with Gasteiger partial charge >= 0.3 is 0 Å². The Hall–Kier alpha value is -3.52. The van der Waals surface area contributed by atoms with Gasteiger partial charge in [-0.15, -0.1) is 0 Å².